The van der Waals surface area contributed by atoms with E-state index in [1.165, 1.54) is 57.9 Å². The SMILES string of the molecule is C1CCC(C2(CNC3CC3)CCOC2)CC1. The van der Waals surface area contributed by atoms with Crippen molar-refractivity contribution in [2.45, 2.75) is 57.4 Å². The fourth-order valence-corrected chi connectivity index (χ4v) is 3.58. The average Bonchev–Trinajstić information content (AvgIpc) is 3.06. The zero-order valence-corrected chi connectivity index (χ0v) is 10.3. The van der Waals surface area contributed by atoms with Gasteiger partial charge in [-0.1, -0.05) is 19.3 Å². The number of ether oxygens (including phenoxy) is 1. The lowest BCUT2D eigenvalue weighted by Crippen LogP contribution is -2.42. The van der Waals surface area contributed by atoms with Gasteiger partial charge in [0.25, 0.3) is 0 Å². The van der Waals surface area contributed by atoms with Crippen molar-refractivity contribution in [1.29, 1.82) is 0 Å². The van der Waals surface area contributed by atoms with Crippen LogP contribution in [0.4, 0.5) is 0 Å². The first-order valence-electron chi connectivity index (χ1n) is 7.20. The summed E-state index contributed by atoms with van der Waals surface area (Å²) in [7, 11) is 0. The van der Waals surface area contributed by atoms with Gasteiger partial charge >= 0.3 is 0 Å². The number of nitrogens with one attached hydrogen (secondary N) is 1. The fourth-order valence-electron chi connectivity index (χ4n) is 3.58. The second-order valence-corrected chi connectivity index (χ2v) is 6.16. The van der Waals surface area contributed by atoms with Gasteiger partial charge in [0.2, 0.25) is 0 Å². The standard InChI is InChI=1S/C14H25NO/c1-2-4-12(5-3-1)14(8-9-16-11-14)10-15-13-6-7-13/h12-13,15H,1-11H2. The van der Waals surface area contributed by atoms with Crippen molar-refractivity contribution in [2.24, 2.45) is 11.3 Å². The summed E-state index contributed by atoms with van der Waals surface area (Å²) in [4.78, 5) is 0. The van der Waals surface area contributed by atoms with Crippen molar-refractivity contribution >= 4 is 0 Å². The maximum absolute atomic E-state index is 5.73. The maximum atomic E-state index is 5.73. The predicted octanol–water partition coefficient (Wildman–Crippen LogP) is 2.73. The minimum atomic E-state index is 0.503. The van der Waals surface area contributed by atoms with Gasteiger partial charge in [-0.25, -0.2) is 0 Å². The molecule has 3 aliphatic rings. The molecule has 1 N–H and O–H groups in total. The summed E-state index contributed by atoms with van der Waals surface area (Å²) in [6.07, 6.45) is 11.4. The van der Waals surface area contributed by atoms with Crippen LogP contribution in [0.5, 0.6) is 0 Å². The highest BCUT2D eigenvalue weighted by Crippen LogP contribution is 2.44. The zero-order chi connectivity index (χ0) is 10.8. The van der Waals surface area contributed by atoms with Crippen LogP contribution in [0.15, 0.2) is 0 Å². The molecule has 1 aliphatic heterocycles. The van der Waals surface area contributed by atoms with Crippen LogP contribution >= 0.6 is 0 Å². The second-order valence-electron chi connectivity index (χ2n) is 6.16. The van der Waals surface area contributed by atoms with Crippen LogP contribution < -0.4 is 5.32 Å². The number of rotatable bonds is 4. The molecule has 0 amide bonds. The first-order valence-corrected chi connectivity index (χ1v) is 7.20. The molecule has 1 unspecified atom stereocenters. The average molecular weight is 223 g/mol. The highest BCUT2D eigenvalue weighted by atomic mass is 16.5. The number of hydrogen-bond acceptors (Lipinski definition) is 2. The topological polar surface area (TPSA) is 21.3 Å². The Hall–Kier alpha value is -0.0800. The molecule has 1 saturated heterocycles. The molecule has 0 aromatic rings. The van der Waals surface area contributed by atoms with Gasteiger partial charge in [0.15, 0.2) is 0 Å². The van der Waals surface area contributed by atoms with Crippen LogP contribution in [-0.4, -0.2) is 25.8 Å². The van der Waals surface area contributed by atoms with E-state index in [1.807, 2.05) is 0 Å². The Bertz CT molecular complexity index is 225. The van der Waals surface area contributed by atoms with Crippen LogP contribution in [0.25, 0.3) is 0 Å². The van der Waals surface area contributed by atoms with Crippen LogP contribution in [0.3, 0.4) is 0 Å². The molecule has 0 aromatic heterocycles. The van der Waals surface area contributed by atoms with Crippen molar-refractivity contribution in [3.05, 3.63) is 0 Å². The van der Waals surface area contributed by atoms with Crippen LogP contribution in [0, 0.1) is 11.3 Å². The predicted molar refractivity (Wildman–Crippen MR) is 65.5 cm³/mol. The molecule has 0 aromatic carbocycles. The zero-order valence-electron chi connectivity index (χ0n) is 10.3. The molecule has 3 fully saturated rings. The first-order chi connectivity index (χ1) is 7.89. The van der Waals surface area contributed by atoms with E-state index in [0.29, 0.717) is 5.41 Å². The van der Waals surface area contributed by atoms with Gasteiger partial charge in [-0.05, 0) is 38.0 Å². The van der Waals surface area contributed by atoms with Gasteiger partial charge < -0.3 is 10.1 Å². The smallest absolute Gasteiger partial charge is 0.0538 e. The Morgan fingerprint density at radius 3 is 2.50 bits per heavy atom. The third kappa shape index (κ3) is 2.28. The normalized spacial score (nSPS) is 36.8. The molecule has 2 heteroatoms. The maximum Gasteiger partial charge on any atom is 0.0538 e. The third-order valence-electron chi connectivity index (χ3n) is 4.93. The molecular weight excluding hydrogens is 198 g/mol. The first kappa shape index (κ1) is 11.0. The molecule has 0 spiro atoms. The Kier molecular flexibility index (Phi) is 3.21. The van der Waals surface area contributed by atoms with Crippen molar-refractivity contribution in [3.8, 4) is 0 Å². The van der Waals surface area contributed by atoms with E-state index < -0.39 is 0 Å². The summed E-state index contributed by atoms with van der Waals surface area (Å²) >= 11 is 0. The molecule has 2 saturated carbocycles. The van der Waals surface area contributed by atoms with Crippen LogP contribution in [0.2, 0.25) is 0 Å². The van der Waals surface area contributed by atoms with Gasteiger partial charge in [0, 0.05) is 24.6 Å². The van der Waals surface area contributed by atoms with Crippen LogP contribution in [0.1, 0.15) is 51.4 Å². The Morgan fingerprint density at radius 1 is 1.06 bits per heavy atom. The molecular formula is C14H25NO. The molecule has 1 atom stereocenters. The molecule has 1 heterocycles. The second kappa shape index (κ2) is 4.66. The largest absolute Gasteiger partial charge is 0.381 e. The molecule has 92 valence electrons. The lowest BCUT2D eigenvalue weighted by molar-refractivity contribution is 0.0817. The van der Waals surface area contributed by atoms with Gasteiger partial charge in [-0.15, -0.1) is 0 Å². The molecule has 2 aliphatic carbocycles. The van der Waals surface area contributed by atoms with Crippen LogP contribution in [-0.2, 0) is 4.74 Å². The van der Waals surface area contributed by atoms with E-state index in [0.717, 1.165) is 25.2 Å². The molecule has 2 nitrogen and oxygen atoms in total. The summed E-state index contributed by atoms with van der Waals surface area (Å²) in [6, 6.07) is 0.848. The van der Waals surface area contributed by atoms with Gasteiger partial charge in [-0.2, -0.15) is 0 Å². The minimum Gasteiger partial charge on any atom is -0.381 e. The fraction of sp³-hybridized carbons (Fsp3) is 1.00. The Labute approximate surface area is 99.1 Å². The lowest BCUT2D eigenvalue weighted by atomic mass is 9.68. The molecule has 16 heavy (non-hydrogen) atoms. The third-order valence-corrected chi connectivity index (χ3v) is 4.93. The minimum absolute atomic E-state index is 0.503. The van der Waals surface area contributed by atoms with Crippen molar-refractivity contribution < 1.29 is 4.74 Å². The van der Waals surface area contributed by atoms with E-state index in [-0.39, 0.29) is 0 Å². The van der Waals surface area contributed by atoms with Crippen molar-refractivity contribution in [2.75, 3.05) is 19.8 Å². The highest BCUT2D eigenvalue weighted by molar-refractivity contribution is 4.95. The van der Waals surface area contributed by atoms with Crippen molar-refractivity contribution in [3.63, 3.8) is 0 Å². The summed E-state index contributed by atoms with van der Waals surface area (Å²) in [5.74, 6) is 0.940. The van der Waals surface area contributed by atoms with E-state index in [9.17, 15) is 0 Å². The van der Waals surface area contributed by atoms with E-state index >= 15 is 0 Å². The Morgan fingerprint density at radius 2 is 1.88 bits per heavy atom. The summed E-state index contributed by atoms with van der Waals surface area (Å²) < 4.78 is 5.73. The summed E-state index contributed by atoms with van der Waals surface area (Å²) in [5, 5.41) is 3.76. The molecule has 0 bridgehead atoms. The summed E-state index contributed by atoms with van der Waals surface area (Å²) in [6.45, 7) is 3.25. The van der Waals surface area contributed by atoms with E-state index in [2.05, 4.69) is 5.32 Å². The Balaban J connectivity index is 1.62. The monoisotopic (exact) mass is 223 g/mol. The molecule has 0 radical (unpaired) electrons. The molecule has 3 rings (SSSR count). The van der Waals surface area contributed by atoms with E-state index in [4.69, 9.17) is 4.74 Å². The van der Waals surface area contributed by atoms with Gasteiger partial charge in [-0.3, -0.25) is 0 Å². The van der Waals surface area contributed by atoms with Gasteiger partial charge in [0.1, 0.15) is 0 Å². The van der Waals surface area contributed by atoms with Crippen molar-refractivity contribution in [1.82, 2.24) is 5.32 Å². The van der Waals surface area contributed by atoms with E-state index in [1.54, 1.807) is 0 Å². The highest BCUT2D eigenvalue weighted by Gasteiger charge is 2.43. The summed E-state index contributed by atoms with van der Waals surface area (Å²) in [5.41, 5.74) is 0.503. The number of hydrogen-bond donors (Lipinski definition) is 1. The van der Waals surface area contributed by atoms with Gasteiger partial charge in [0.05, 0.1) is 6.61 Å². The lowest BCUT2D eigenvalue weighted by Gasteiger charge is -2.39. The quantitative estimate of drug-likeness (QED) is 0.791.